The van der Waals surface area contributed by atoms with Crippen LogP contribution in [-0.4, -0.2) is 45.1 Å². The van der Waals surface area contributed by atoms with Crippen LogP contribution in [0.1, 0.15) is 44.4 Å². The number of Topliss-reactive ketones (excluding diaryl/α,β-unsaturated/α-hetero) is 1. The van der Waals surface area contributed by atoms with Crippen LogP contribution in [0.4, 0.5) is 16.3 Å². The molecule has 0 atom stereocenters. The van der Waals surface area contributed by atoms with Crippen molar-refractivity contribution in [2.45, 2.75) is 13.8 Å². The van der Waals surface area contributed by atoms with Crippen LogP contribution in [0, 0.1) is 0 Å². The first-order valence-corrected chi connectivity index (χ1v) is 10.8. The van der Waals surface area contributed by atoms with Crippen molar-refractivity contribution in [3.63, 3.8) is 0 Å². The summed E-state index contributed by atoms with van der Waals surface area (Å²) in [7, 11) is 0. The summed E-state index contributed by atoms with van der Waals surface area (Å²) in [5, 5.41) is 9.99. The van der Waals surface area contributed by atoms with Crippen molar-refractivity contribution in [1.29, 1.82) is 0 Å². The zero-order chi connectivity index (χ0) is 23.5. The van der Waals surface area contributed by atoms with Crippen LogP contribution in [0.15, 0.2) is 48.7 Å². The number of aromatic nitrogens is 3. The molecule has 0 bridgehead atoms. The Morgan fingerprint density at radius 3 is 2.58 bits per heavy atom. The lowest BCUT2D eigenvalue weighted by Gasteiger charge is -2.10. The average molecular weight is 465 g/mol. The Labute approximate surface area is 191 Å². The normalized spacial score (nSPS) is 10.7. The van der Waals surface area contributed by atoms with E-state index in [1.807, 2.05) is 0 Å². The topological polar surface area (TPSA) is 135 Å². The van der Waals surface area contributed by atoms with Crippen molar-refractivity contribution in [3.8, 4) is 0 Å². The molecule has 4 aromatic rings. The van der Waals surface area contributed by atoms with Gasteiger partial charge in [0, 0.05) is 6.20 Å². The number of ether oxygens (including phenoxy) is 1. The molecule has 10 nitrogen and oxygen atoms in total. The quantitative estimate of drug-likeness (QED) is 0.366. The van der Waals surface area contributed by atoms with Crippen LogP contribution in [-0.2, 0) is 4.74 Å². The molecule has 3 N–H and O–H groups in total. The second-order valence-electron chi connectivity index (χ2n) is 6.88. The lowest BCUT2D eigenvalue weighted by molar-refractivity contribution is 0.101. The molecule has 0 unspecified atom stereocenters. The summed E-state index contributed by atoms with van der Waals surface area (Å²) in [5.74, 6) is -1.04. The number of benzene rings is 1. The highest BCUT2D eigenvalue weighted by Crippen LogP contribution is 2.32. The van der Waals surface area contributed by atoms with Crippen molar-refractivity contribution in [1.82, 2.24) is 14.8 Å². The van der Waals surface area contributed by atoms with Crippen LogP contribution in [0.2, 0.25) is 0 Å². The number of fused-ring (bicyclic) bond motifs is 1. The number of nitrogens with one attached hydrogen (secondary N) is 3. The van der Waals surface area contributed by atoms with Gasteiger partial charge in [0.25, 0.3) is 11.8 Å². The van der Waals surface area contributed by atoms with E-state index in [9.17, 15) is 19.2 Å². The van der Waals surface area contributed by atoms with E-state index in [1.54, 1.807) is 55.6 Å². The second kappa shape index (κ2) is 9.09. The number of carbonyl (C=O) groups excluding carboxylic acids is 4. The van der Waals surface area contributed by atoms with Crippen molar-refractivity contribution < 1.29 is 23.9 Å². The SMILES string of the molecule is CCOC(=O)n1nc(NC(=O)c2ccccc2NC(=O)c2ccc[nH]2)c2cc(C(C)=O)sc21. The van der Waals surface area contributed by atoms with E-state index in [-0.39, 0.29) is 23.8 Å². The Morgan fingerprint density at radius 1 is 1.09 bits per heavy atom. The molecular formula is C22H19N5O5S. The highest BCUT2D eigenvalue weighted by atomic mass is 32.1. The van der Waals surface area contributed by atoms with Crippen LogP contribution >= 0.6 is 11.3 Å². The number of rotatable bonds is 6. The molecule has 3 heterocycles. The third kappa shape index (κ3) is 4.39. The molecule has 168 valence electrons. The highest BCUT2D eigenvalue weighted by Gasteiger charge is 2.23. The van der Waals surface area contributed by atoms with Gasteiger partial charge in [0.1, 0.15) is 10.5 Å². The van der Waals surface area contributed by atoms with Crippen molar-refractivity contribution in [2.75, 3.05) is 17.2 Å². The van der Waals surface area contributed by atoms with Crippen molar-refractivity contribution in [2.24, 2.45) is 0 Å². The molecule has 0 spiro atoms. The van der Waals surface area contributed by atoms with E-state index >= 15 is 0 Å². The molecule has 3 aromatic heterocycles. The van der Waals surface area contributed by atoms with Crippen molar-refractivity contribution >= 4 is 56.7 Å². The Hall–Kier alpha value is -4.25. The average Bonchev–Trinajstić information content (AvgIpc) is 3.52. The highest BCUT2D eigenvalue weighted by molar-refractivity contribution is 7.20. The standard InChI is InChI=1S/C22H19N5O5S/c1-3-32-22(31)27-21-14(11-17(33-21)12(2)28)18(26-27)25-19(29)13-7-4-5-8-15(13)24-20(30)16-9-6-10-23-16/h4-11,23H,3H2,1-2H3,(H,24,30)(H,25,26,29). The number of carbonyl (C=O) groups is 4. The lowest BCUT2D eigenvalue weighted by atomic mass is 10.1. The fourth-order valence-corrected chi connectivity index (χ4v) is 4.10. The summed E-state index contributed by atoms with van der Waals surface area (Å²) in [4.78, 5) is 53.3. The Balaban J connectivity index is 1.66. The molecule has 11 heteroatoms. The minimum absolute atomic E-state index is 0.0947. The lowest BCUT2D eigenvalue weighted by Crippen LogP contribution is -2.19. The maximum atomic E-state index is 13.1. The molecule has 0 aliphatic carbocycles. The molecule has 0 saturated heterocycles. The molecule has 4 rings (SSSR count). The summed E-state index contributed by atoms with van der Waals surface area (Å²) < 4.78 is 6.05. The van der Waals surface area contributed by atoms with Gasteiger partial charge in [-0.25, -0.2) is 4.79 Å². The number of H-pyrrole nitrogens is 1. The van der Waals surface area contributed by atoms with Gasteiger partial charge in [0.15, 0.2) is 11.6 Å². The number of para-hydroxylation sites is 1. The smallest absolute Gasteiger partial charge is 0.436 e. The fraction of sp³-hybridized carbons (Fsp3) is 0.136. The largest absolute Gasteiger partial charge is 0.448 e. The van der Waals surface area contributed by atoms with Crippen LogP contribution < -0.4 is 10.6 Å². The van der Waals surface area contributed by atoms with E-state index in [0.29, 0.717) is 26.5 Å². The van der Waals surface area contributed by atoms with Gasteiger partial charge in [-0.1, -0.05) is 12.1 Å². The fourth-order valence-electron chi connectivity index (χ4n) is 3.11. The Kier molecular flexibility index (Phi) is 6.05. The predicted octanol–water partition coefficient (Wildman–Crippen LogP) is 4.14. The van der Waals surface area contributed by atoms with Gasteiger partial charge in [0.2, 0.25) is 0 Å². The maximum Gasteiger partial charge on any atom is 0.436 e. The second-order valence-corrected chi connectivity index (χ2v) is 7.91. The number of ketones is 1. The Morgan fingerprint density at radius 2 is 1.88 bits per heavy atom. The minimum Gasteiger partial charge on any atom is -0.448 e. The number of thiophene rings is 1. The molecule has 0 fully saturated rings. The summed E-state index contributed by atoms with van der Waals surface area (Å²) >= 11 is 1.08. The monoisotopic (exact) mass is 465 g/mol. The van der Waals surface area contributed by atoms with Crippen LogP contribution in [0.25, 0.3) is 10.2 Å². The summed E-state index contributed by atoms with van der Waals surface area (Å²) in [6.45, 7) is 3.21. The molecule has 0 aliphatic heterocycles. The van der Waals surface area contributed by atoms with E-state index in [0.717, 1.165) is 16.0 Å². The van der Waals surface area contributed by atoms with Crippen LogP contribution in [0.3, 0.4) is 0 Å². The zero-order valence-electron chi connectivity index (χ0n) is 17.7. The molecule has 1 aromatic carbocycles. The van der Waals surface area contributed by atoms with Crippen molar-refractivity contribution in [3.05, 3.63) is 64.8 Å². The molecule has 0 saturated carbocycles. The number of nitrogens with zero attached hydrogens (tertiary/aromatic N) is 2. The van der Waals surface area contributed by atoms with Gasteiger partial charge < -0.3 is 20.4 Å². The maximum absolute atomic E-state index is 13.1. The van der Waals surface area contributed by atoms with Gasteiger partial charge in [0.05, 0.1) is 28.1 Å². The third-order valence-electron chi connectivity index (χ3n) is 4.64. The van der Waals surface area contributed by atoms with E-state index in [2.05, 4.69) is 20.7 Å². The number of amides is 2. The number of anilines is 2. The summed E-state index contributed by atoms with van der Waals surface area (Å²) in [6.07, 6.45) is 0.896. The number of hydrogen-bond donors (Lipinski definition) is 3. The number of aromatic amines is 1. The zero-order valence-corrected chi connectivity index (χ0v) is 18.5. The van der Waals surface area contributed by atoms with Crippen LogP contribution in [0.5, 0.6) is 0 Å². The van der Waals surface area contributed by atoms with Gasteiger partial charge >= 0.3 is 6.09 Å². The summed E-state index contributed by atoms with van der Waals surface area (Å²) in [5.41, 5.74) is 0.832. The van der Waals surface area contributed by atoms with Gasteiger partial charge in [-0.05, 0) is 44.2 Å². The van der Waals surface area contributed by atoms with Gasteiger partial charge in [-0.2, -0.15) is 4.68 Å². The first-order chi connectivity index (χ1) is 15.9. The predicted molar refractivity (Wildman–Crippen MR) is 123 cm³/mol. The first-order valence-electron chi connectivity index (χ1n) is 9.94. The molecule has 0 radical (unpaired) electrons. The first kappa shape index (κ1) is 22.0. The molecule has 2 amide bonds. The minimum atomic E-state index is -0.724. The van der Waals surface area contributed by atoms with E-state index < -0.39 is 17.9 Å². The van der Waals surface area contributed by atoms with Gasteiger partial charge in [-0.15, -0.1) is 16.4 Å². The van der Waals surface area contributed by atoms with E-state index in [4.69, 9.17) is 4.74 Å². The van der Waals surface area contributed by atoms with Gasteiger partial charge in [-0.3, -0.25) is 14.4 Å². The number of hydrogen-bond acceptors (Lipinski definition) is 7. The molecular weight excluding hydrogens is 446 g/mol. The van der Waals surface area contributed by atoms with E-state index in [1.165, 1.54) is 6.92 Å². The molecule has 33 heavy (non-hydrogen) atoms. The molecule has 0 aliphatic rings. The third-order valence-corrected chi connectivity index (χ3v) is 5.85. The Bertz CT molecular complexity index is 1370. The summed E-state index contributed by atoms with van der Waals surface area (Å²) in [6, 6.07) is 11.4.